The number of phenols is 1. The molecule has 1 amide bonds. The van der Waals surface area contributed by atoms with Crippen LogP contribution in [0.4, 0.5) is 0 Å². The van der Waals surface area contributed by atoms with E-state index in [1.165, 1.54) is 25.3 Å². The Balaban J connectivity index is 2.29. The molecule has 1 aliphatic rings. The normalized spacial score (nSPS) is 16.8. The van der Waals surface area contributed by atoms with Crippen molar-refractivity contribution < 1.29 is 34.4 Å². The standard InChI is InChI=1S/C16H15NO7S2/c1-24-11-6-8(2-4-10(11)18)7-12-14(21)17(16(25)26-12)9(15(22)23)3-5-13(19)20/h2,4,6-7,9,18H,3,5H2,1H3,(H,19,20)(H,22,23)/b12-7-/t9-/m0/s1. The molecule has 26 heavy (non-hydrogen) atoms. The van der Waals surface area contributed by atoms with Crippen molar-refractivity contribution in [2.24, 2.45) is 0 Å². The third-order valence-corrected chi connectivity index (χ3v) is 4.88. The first-order valence-electron chi connectivity index (χ1n) is 7.33. The van der Waals surface area contributed by atoms with E-state index in [1.807, 2.05) is 0 Å². The molecule has 1 aromatic rings. The van der Waals surface area contributed by atoms with E-state index < -0.39 is 30.3 Å². The number of phenolic OH excluding ortho intramolecular Hbond substituents is 1. The summed E-state index contributed by atoms with van der Waals surface area (Å²) in [5.41, 5.74) is 0.553. The molecule has 1 atom stereocenters. The van der Waals surface area contributed by atoms with Gasteiger partial charge < -0.3 is 20.1 Å². The molecule has 0 unspecified atom stereocenters. The summed E-state index contributed by atoms with van der Waals surface area (Å²) in [5, 5.41) is 27.7. The van der Waals surface area contributed by atoms with Crippen LogP contribution in [-0.2, 0) is 14.4 Å². The minimum absolute atomic E-state index is 0.0461. The van der Waals surface area contributed by atoms with Crippen molar-refractivity contribution in [1.29, 1.82) is 0 Å². The summed E-state index contributed by atoms with van der Waals surface area (Å²) < 4.78 is 5.05. The lowest BCUT2D eigenvalue weighted by Crippen LogP contribution is -2.44. The van der Waals surface area contributed by atoms with E-state index in [4.69, 9.17) is 22.1 Å². The zero-order valence-corrected chi connectivity index (χ0v) is 15.2. The molecule has 0 bridgehead atoms. The molecule has 0 spiro atoms. The Morgan fingerprint density at radius 1 is 1.38 bits per heavy atom. The fourth-order valence-electron chi connectivity index (χ4n) is 2.31. The maximum absolute atomic E-state index is 12.6. The zero-order chi connectivity index (χ0) is 19.4. The third-order valence-electron chi connectivity index (χ3n) is 3.55. The second-order valence-electron chi connectivity index (χ2n) is 5.27. The predicted molar refractivity (Wildman–Crippen MR) is 98.0 cm³/mol. The summed E-state index contributed by atoms with van der Waals surface area (Å²) in [7, 11) is 1.39. The Labute approximate surface area is 158 Å². The van der Waals surface area contributed by atoms with Crippen molar-refractivity contribution in [2.45, 2.75) is 18.9 Å². The van der Waals surface area contributed by atoms with Gasteiger partial charge in [-0.3, -0.25) is 14.5 Å². The SMILES string of the molecule is COc1cc(/C=C2\SC(=S)N([C@@H](CCC(=O)O)C(=O)O)C2=O)ccc1O. The molecule has 10 heteroatoms. The average Bonchev–Trinajstić information content (AvgIpc) is 2.84. The molecular formula is C16H15NO7S2. The van der Waals surface area contributed by atoms with E-state index in [0.29, 0.717) is 5.56 Å². The molecular weight excluding hydrogens is 382 g/mol. The molecule has 0 saturated carbocycles. The van der Waals surface area contributed by atoms with Crippen LogP contribution < -0.4 is 4.74 Å². The minimum Gasteiger partial charge on any atom is -0.504 e. The van der Waals surface area contributed by atoms with Crippen LogP contribution in [0.25, 0.3) is 6.08 Å². The highest BCUT2D eigenvalue weighted by molar-refractivity contribution is 8.26. The van der Waals surface area contributed by atoms with Crippen LogP contribution in [-0.4, -0.2) is 55.5 Å². The fourth-order valence-corrected chi connectivity index (χ4v) is 3.66. The topological polar surface area (TPSA) is 124 Å². The van der Waals surface area contributed by atoms with E-state index in [9.17, 15) is 24.6 Å². The van der Waals surface area contributed by atoms with Gasteiger partial charge in [0, 0.05) is 6.42 Å². The number of nitrogens with zero attached hydrogens (tertiary/aromatic N) is 1. The summed E-state index contributed by atoms with van der Waals surface area (Å²) in [6.07, 6.45) is 0.844. The molecule has 1 heterocycles. The predicted octanol–water partition coefficient (Wildman–Crippen LogP) is 1.92. The van der Waals surface area contributed by atoms with Crippen LogP contribution in [0.1, 0.15) is 18.4 Å². The monoisotopic (exact) mass is 397 g/mol. The number of methoxy groups -OCH3 is 1. The highest BCUT2D eigenvalue weighted by atomic mass is 32.2. The summed E-state index contributed by atoms with van der Waals surface area (Å²) in [6, 6.07) is 3.13. The van der Waals surface area contributed by atoms with E-state index in [-0.39, 0.29) is 27.1 Å². The van der Waals surface area contributed by atoms with Crippen LogP contribution in [0, 0.1) is 0 Å². The van der Waals surface area contributed by atoms with Gasteiger partial charge in [-0.15, -0.1) is 0 Å². The molecule has 1 aromatic carbocycles. The first-order chi connectivity index (χ1) is 12.2. The number of amides is 1. The number of aromatic hydroxyl groups is 1. The van der Waals surface area contributed by atoms with Gasteiger partial charge in [0.25, 0.3) is 5.91 Å². The number of rotatable bonds is 7. The van der Waals surface area contributed by atoms with Gasteiger partial charge in [-0.1, -0.05) is 30.0 Å². The summed E-state index contributed by atoms with van der Waals surface area (Å²) in [5.74, 6) is -2.93. The lowest BCUT2D eigenvalue weighted by molar-refractivity contribution is -0.146. The molecule has 2 rings (SSSR count). The van der Waals surface area contributed by atoms with Crippen molar-refractivity contribution in [2.75, 3.05) is 7.11 Å². The number of hydrogen-bond donors (Lipinski definition) is 3. The van der Waals surface area contributed by atoms with Crippen molar-refractivity contribution in [1.82, 2.24) is 4.90 Å². The average molecular weight is 397 g/mol. The van der Waals surface area contributed by atoms with Gasteiger partial charge in [-0.2, -0.15) is 0 Å². The zero-order valence-electron chi connectivity index (χ0n) is 13.5. The number of thioether (sulfide) groups is 1. The number of carboxylic acid groups (broad SMARTS) is 2. The first-order valence-corrected chi connectivity index (χ1v) is 8.55. The van der Waals surface area contributed by atoms with Crippen molar-refractivity contribution >= 4 is 52.2 Å². The molecule has 0 aliphatic carbocycles. The van der Waals surface area contributed by atoms with Gasteiger partial charge >= 0.3 is 11.9 Å². The first kappa shape index (κ1) is 19.7. The highest BCUT2D eigenvalue weighted by Crippen LogP contribution is 2.36. The number of aliphatic carboxylic acids is 2. The fraction of sp³-hybridized carbons (Fsp3) is 0.250. The largest absolute Gasteiger partial charge is 0.504 e. The molecule has 138 valence electrons. The minimum atomic E-state index is -1.35. The van der Waals surface area contributed by atoms with Gasteiger partial charge in [0.1, 0.15) is 10.4 Å². The van der Waals surface area contributed by atoms with Crippen LogP contribution in [0.3, 0.4) is 0 Å². The van der Waals surface area contributed by atoms with Gasteiger partial charge in [0.05, 0.1) is 12.0 Å². The lowest BCUT2D eigenvalue weighted by Gasteiger charge is -2.22. The van der Waals surface area contributed by atoms with Crippen LogP contribution in [0.5, 0.6) is 11.5 Å². The molecule has 3 N–H and O–H groups in total. The van der Waals surface area contributed by atoms with Gasteiger partial charge in [-0.25, -0.2) is 4.79 Å². The number of carbonyl (C=O) groups is 3. The van der Waals surface area contributed by atoms with Crippen molar-refractivity contribution in [3.05, 3.63) is 28.7 Å². The highest BCUT2D eigenvalue weighted by Gasteiger charge is 2.40. The molecule has 0 aromatic heterocycles. The van der Waals surface area contributed by atoms with Crippen LogP contribution in [0.15, 0.2) is 23.1 Å². The Morgan fingerprint density at radius 2 is 2.08 bits per heavy atom. The molecule has 0 radical (unpaired) electrons. The number of carboxylic acids is 2. The van der Waals surface area contributed by atoms with Crippen LogP contribution >= 0.6 is 24.0 Å². The number of thiocarbonyl (C=S) groups is 1. The smallest absolute Gasteiger partial charge is 0.326 e. The van der Waals surface area contributed by atoms with E-state index in [0.717, 1.165) is 16.7 Å². The van der Waals surface area contributed by atoms with E-state index >= 15 is 0 Å². The maximum Gasteiger partial charge on any atom is 0.326 e. The summed E-state index contributed by atoms with van der Waals surface area (Å²) in [4.78, 5) is 35.9. The number of benzene rings is 1. The van der Waals surface area contributed by atoms with Crippen molar-refractivity contribution in [3.8, 4) is 11.5 Å². The second kappa shape index (κ2) is 8.19. The Hall–Kier alpha value is -2.59. The second-order valence-corrected chi connectivity index (χ2v) is 6.95. The summed E-state index contributed by atoms with van der Waals surface area (Å²) >= 11 is 6.04. The van der Waals surface area contributed by atoms with Gasteiger partial charge in [-0.05, 0) is 30.2 Å². The Morgan fingerprint density at radius 3 is 2.65 bits per heavy atom. The molecule has 1 aliphatic heterocycles. The third kappa shape index (κ3) is 4.33. The molecule has 1 fully saturated rings. The quantitative estimate of drug-likeness (QED) is 0.467. The maximum atomic E-state index is 12.6. The summed E-state index contributed by atoms with van der Waals surface area (Å²) in [6.45, 7) is 0. The van der Waals surface area contributed by atoms with Crippen molar-refractivity contribution in [3.63, 3.8) is 0 Å². The number of ether oxygens (including phenoxy) is 1. The van der Waals surface area contributed by atoms with Gasteiger partial charge in [0.2, 0.25) is 0 Å². The van der Waals surface area contributed by atoms with Gasteiger partial charge in [0.15, 0.2) is 11.5 Å². The molecule has 1 saturated heterocycles. The Kier molecular flexibility index (Phi) is 6.22. The lowest BCUT2D eigenvalue weighted by atomic mass is 10.1. The van der Waals surface area contributed by atoms with E-state index in [2.05, 4.69) is 0 Å². The number of carbonyl (C=O) groups excluding carboxylic acids is 1. The molecule has 8 nitrogen and oxygen atoms in total. The van der Waals surface area contributed by atoms with E-state index in [1.54, 1.807) is 6.07 Å². The van der Waals surface area contributed by atoms with Crippen LogP contribution in [0.2, 0.25) is 0 Å². The number of hydrogen-bond acceptors (Lipinski definition) is 7. The Bertz CT molecular complexity index is 806.